The zero-order valence-electron chi connectivity index (χ0n) is 9.31. The highest BCUT2D eigenvalue weighted by molar-refractivity contribution is 5.24. The number of benzene rings is 1. The zero-order valence-corrected chi connectivity index (χ0v) is 9.31. The van der Waals surface area contributed by atoms with Gasteiger partial charge in [-0.2, -0.15) is 5.10 Å². The molecule has 1 aromatic heterocycles. The smallest absolute Gasteiger partial charge is 0.132 e. The minimum Gasteiger partial charge on any atom is -0.304 e. The highest BCUT2D eigenvalue weighted by Gasteiger charge is 2.24. The Balaban J connectivity index is 2.46. The molecule has 0 aliphatic carbocycles. The van der Waals surface area contributed by atoms with Gasteiger partial charge in [-0.15, -0.1) is 0 Å². The fourth-order valence-electron chi connectivity index (χ4n) is 1.61. The molecule has 0 bridgehead atoms. The number of aromatic nitrogens is 2. The maximum absolute atomic E-state index is 13.1. The van der Waals surface area contributed by atoms with E-state index in [9.17, 15) is 4.39 Å². The predicted molar refractivity (Wildman–Crippen MR) is 60.3 cm³/mol. The standard InChI is InChI=1S/C12H14FN3/c1-9-6-7-16(15-9)12(2,14)10-4-3-5-11(13)8-10/h3-8H,14H2,1-2H3. The van der Waals surface area contributed by atoms with Crippen molar-refractivity contribution in [3.05, 3.63) is 53.6 Å². The third-order valence-electron chi connectivity index (χ3n) is 2.61. The van der Waals surface area contributed by atoms with Gasteiger partial charge in [-0.25, -0.2) is 9.07 Å². The van der Waals surface area contributed by atoms with E-state index in [4.69, 9.17) is 5.73 Å². The second kappa shape index (κ2) is 3.72. The molecule has 0 saturated carbocycles. The van der Waals surface area contributed by atoms with Gasteiger partial charge < -0.3 is 5.73 Å². The van der Waals surface area contributed by atoms with Crippen molar-refractivity contribution < 1.29 is 4.39 Å². The minimum absolute atomic E-state index is 0.293. The molecule has 16 heavy (non-hydrogen) atoms. The second-order valence-electron chi connectivity index (χ2n) is 4.06. The fraction of sp³-hybridized carbons (Fsp3) is 0.250. The summed E-state index contributed by atoms with van der Waals surface area (Å²) in [5, 5.41) is 4.26. The van der Waals surface area contributed by atoms with Crippen LogP contribution in [-0.2, 0) is 5.66 Å². The van der Waals surface area contributed by atoms with Gasteiger partial charge in [0, 0.05) is 6.20 Å². The van der Waals surface area contributed by atoms with Gasteiger partial charge in [0.2, 0.25) is 0 Å². The van der Waals surface area contributed by atoms with Crippen LogP contribution in [0, 0.1) is 12.7 Å². The van der Waals surface area contributed by atoms with Gasteiger partial charge >= 0.3 is 0 Å². The SMILES string of the molecule is Cc1ccn(C(C)(N)c2cccc(F)c2)n1. The van der Waals surface area contributed by atoms with Crippen LogP contribution < -0.4 is 5.73 Å². The number of nitrogens with two attached hydrogens (primary N) is 1. The molecule has 3 nitrogen and oxygen atoms in total. The molecule has 0 saturated heterocycles. The number of aryl methyl sites for hydroxylation is 1. The first-order valence-electron chi connectivity index (χ1n) is 5.08. The maximum Gasteiger partial charge on any atom is 0.132 e. The van der Waals surface area contributed by atoms with Gasteiger partial charge in [0.15, 0.2) is 0 Å². The van der Waals surface area contributed by atoms with E-state index in [1.807, 2.05) is 13.0 Å². The average Bonchev–Trinajstić information content (AvgIpc) is 2.65. The number of nitrogens with zero attached hydrogens (tertiary/aromatic N) is 2. The Bertz CT molecular complexity index is 502. The molecule has 2 aromatic rings. The van der Waals surface area contributed by atoms with E-state index in [-0.39, 0.29) is 5.82 Å². The molecular formula is C12H14FN3. The molecule has 4 heteroatoms. The Kier molecular flexibility index (Phi) is 2.52. The number of halogens is 1. The molecular weight excluding hydrogens is 205 g/mol. The first-order valence-corrected chi connectivity index (χ1v) is 5.08. The molecule has 1 heterocycles. The highest BCUT2D eigenvalue weighted by Crippen LogP contribution is 2.20. The summed E-state index contributed by atoms with van der Waals surface area (Å²) in [5.41, 5.74) is 6.91. The predicted octanol–water partition coefficient (Wildman–Crippen LogP) is 2.01. The lowest BCUT2D eigenvalue weighted by Crippen LogP contribution is -2.41. The Hall–Kier alpha value is -1.68. The van der Waals surface area contributed by atoms with Gasteiger partial charge in [-0.1, -0.05) is 12.1 Å². The molecule has 0 aliphatic rings. The molecule has 0 aliphatic heterocycles. The molecule has 0 radical (unpaired) electrons. The van der Waals surface area contributed by atoms with Crippen molar-refractivity contribution in [1.29, 1.82) is 0 Å². The average molecular weight is 219 g/mol. The van der Waals surface area contributed by atoms with E-state index in [1.54, 1.807) is 29.9 Å². The molecule has 2 N–H and O–H groups in total. The van der Waals surface area contributed by atoms with Crippen LogP contribution in [0.4, 0.5) is 4.39 Å². The molecule has 1 unspecified atom stereocenters. The quantitative estimate of drug-likeness (QED) is 0.839. The summed E-state index contributed by atoms with van der Waals surface area (Å²) in [6, 6.07) is 8.13. The summed E-state index contributed by atoms with van der Waals surface area (Å²) in [4.78, 5) is 0. The van der Waals surface area contributed by atoms with Crippen molar-refractivity contribution in [2.75, 3.05) is 0 Å². The van der Waals surface area contributed by atoms with Crippen LogP contribution in [0.15, 0.2) is 36.5 Å². The van der Waals surface area contributed by atoms with E-state index in [0.717, 1.165) is 5.69 Å². The lowest BCUT2D eigenvalue weighted by molar-refractivity contribution is 0.364. The molecule has 84 valence electrons. The van der Waals surface area contributed by atoms with E-state index in [2.05, 4.69) is 5.10 Å². The Morgan fingerprint density at radius 2 is 2.12 bits per heavy atom. The molecule has 0 spiro atoms. The highest BCUT2D eigenvalue weighted by atomic mass is 19.1. The van der Waals surface area contributed by atoms with Crippen molar-refractivity contribution in [3.63, 3.8) is 0 Å². The Morgan fingerprint density at radius 3 is 2.69 bits per heavy atom. The van der Waals surface area contributed by atoms with Crippen LogP contribution in [0.2, 0.25) is 0 Å². The minimum atomic E-state index is -0.837. The second-order valence-corrected chi connectivity index (χ2v) is 4.06. The monoisotopic (exact) mass is 219 g/mol. The van der Waals surface area contributed by atoms with Crippen LogP contribution >= 0.6 is 0 Å². The maximum atomic E-state index is 13.1. The summed E-state index contributed by atoms with van der Waals surface area (Å²) in [6.07, 6.45) is 1.79. The summed E-state index contributed by atoms with van der Waals surface area (Å²) in [5.74, 6) is -0.293. The van der Waals surface area contributed by atoms with Gasteiger partial charge in [-0.3, -0.25) is 0 Å². The van der Waals surface area contributed by atoms with Crippen LogP contribution in [0.3, 0.4) is 0 Å². The number of hydrogen-bond donors (Lipinski definition) is 1. The molecule has 0 fully saturated rings. The summed E-state index contributed by atoms with van der Waals surface area (Å²) >= 11 is 0. The molecule has 1 aromatic carbocycles. The van der Waals surface area contributed by atoms with Crippen molar-refractivity contribution in [2.24, 2.45) is 5.73 Å². The van der Waals surface area contributed by atoms with Crippen molar-refractivity contribution >= 4 is 0 Å². The van der Waals surface area contributed by atoms with E-state index in [0.29, 0.717) is 5.56 Å². The Labute approximate surface area is 93.7 Å². The molecule has 2 rings (SSSR count). The third-order valence-corrected chi connectivity index (χ3v) is 2.61. The first-order chi connectivity index (χ1) is 7.50. The van der Waals surface area contributed by atoms with Gasteiger partial charge in [0.1, 0.15) is 11.5 Å². The number of hydrogen-bond acceptors (Lipinski definition) is 2. The third kappa shape index (κ3) is 1.84. The lowest BCUT2D eigenvalue weighted by atomic mass is 10.0. The van der Waals surface area contributed by atoms with Crippen LogP contribution in [0.25, 0.3) is 0 Å². The summed E-state index contributed by atoms with van der Waals surface area (Å²) in [6.45, 7) is 3.69. The summed E-state index contributed by atoms with van der Waals surface area (Å²) in [7, 11) is 0. The molecule has 1 atom stereocenters. The van der Waals surface area contributed by atoms with Crippen molar-refractivity contribution in [1.82, 2.24) is 9.78 Å². The fourth-order valence-corrected chi connectivity index (χ4v) is 1.61. The van der Waals surface area contributed by atoms with Gasteiger partial charge in [0.25, 0.3) is 0 Å². The van der Waals surface area contributed by atoms with Gasteiger partial charge in [0.05, 0.1) is 5.69 Å². The normalized spacial score (nSPS) is 14.8. The van der Waals surface area contributed by atoms with E-state index >= 15 is 0 Å². The largest absolute Gasteiger partial charge is 0.304 e. The Morgan fingerprint density at radius 1 is 1.38 bits per heavy atom. The zero-order chi connectivity index (χ0) is 11.8. The first kappa shape index (κ1) is 10.8. The van der Waals surface area contributed by atoms with Gasteiger partial charge in [-0.05, 0) is 37.6 Å². The topological polar surface area (TPSA) is 43.8 Å². The lowest BCUT2D eigenvalue weighted by Gasteiger charge is -2.25. The van der Waals surface area contributed by atoms with Crippen LogP contribution in [0.5, 0.6) is 0 Å². The van der Waals surface area contributed by atoms with E-state index < -0.39 is 5.66 Å². The van der Waals surface area contributed by atoms with Crippen molar-refractivity contribution in [2.45, 2.75) is 19.5 Å². The molecule has 0 amide bonds. The van der Waals surface area contributed by atoms with Crippen molar-refractivity contribution in [3.8, 4) is 0 Å². The van der Waals surface area contributed by atoms with E-state index in [1.165, 1.54) is 12.1 Å². The van der Waals surface area contributed by atoms with Crippen LogP contribution in [-0.4, -0.2) is 9.78 Å². The number of rotatable bonds is 2. The van der Waals surface area contributed by atoms with Crippen LogP contribution in [0.1, 0.15) is 18.2 Å². The summed E-state index contributed by atoms with van der Waals surface area (Å²) < 4.78 is 14.8.